The smallest absolute Gasteiger partial charge is 0.229 e. The Morgan fingerprint density at radius 2 is 1.92 bits per heavy atom. The van der Waals surface area contributed by atoms with Gasteiger partial charge in [0.15, 0.2) is 0 Å². The molecule has 25 heavy (non-hydrogen) atoms. The Morgan fingerprint density at radius 1 is 1.08 bits per heavy atom. The number of hydrogen-bond acceptors (Lipinski definition) is 5. The molecule has 5 nitrogen and oxygen atoms in total. The number of ether oxygens (including phenoxy) is 1. The van der Waals surface area contributed by atoms with Gasteiger partial charge in [0, 0.05) is 11.9 Å². The number of anilines is 4. The van der Waals surface area contributed by atoms with Crippen molar-refractivity contribution in [2.24, 2.45) is 0 Å². The van der Waals surface area contributed by atoms with E-state index >= 15 is 0 Å². The molecule has 0 bridgehead atoms. The maximum atomic E-state index is 13.2. The number of rotatable bonds is 5. The quantitative estimate of drug-likeness (QED) is 0.666. The molecule has 0 atom stereocenters. The zero-order valence-electron chi connectivity index (χ0n) is 13.7. The minimum atomic E-state index is -0.477. The predicted molar refractivity (Wildman–Crippen MR) is 97.7 cm³/mol. The van der Waals surface area contributed by atoms with Crippen LogP contribution in [0, 0.1) is 12.7 Å². The molecule has 0 unspecified atom stereocenters. The van der Waals surface area contributed by atoms with Crippen LogP contribution in [-0.4, -0.2) is 17.1 Å². The number of aryl methyl sites for hydroxylation is 1. The van der Waals surface area contributed by atoms with Crippen LogP contribution < -0.4 is 15.4 Å². The molecule has 0 aliphatic carbocycles. The van der Waals surface area contributed by atoms with Gasteiger partial charge in [-0.1, -0.05) is 17.7 Å². The molecule has 1 aromatic heterocycles. The maximum absolute atomic E-state index is 13.2. The van der Waals surface area contributed by atoms with E-state index in [0.717, 1.165) is 11.3 Å². The lowest BCUT2D eigenvalue weighted by Gasteiger charge is -2.12. The molecule has 3 aromatic rings. The summed E-state index contributed by atoms with van der Waals surface area (Å²) in [6.45, 7) is 2.00. The van der Waals surface area contributed by atoms with Crippen LogP contribution in [0.15, 0.2) is 48.7 Å². The van der Waals surface area contributed by atoms with Gasteiger partial charge in [0.2, 0.25) is 5.95 Å². The molecular weight excluding hydrogens is 343 g/mol. The third-order valence-corrected chi connectivity index (χ3v) is 3.74. The Labute approximate surface area is 149 Å². The van der Waals surface area contributed by atoms with Gasteiger partial charge in [-0.2, -0.15) is 4.98 Å². The number of hydrogen-bond donors (Lipinski definition) is 2. The van der Waals surface area contributed by atoms with Gasteiger partial charge in [-0.25, -0.2) is 9.37 Å². The SMILES string of the molecule is COc1ccc(C)cc1Nc1ccnc(Nc2ccc(F)c(Cl)c2)n1. The summed E-state index contributed by atoms with van der Waals surface area (Å²) in [5.41, 5.74) is 2.49. The van der Waals surface area contributed by atoms with E-state index in [2.05, 4.69) is 20.6 Å². The van der Waals surface area contributed by atoms with Crippen molar-refractivity contribution >= 4 is 34.7 Å². The number of nitrogens with zero attached hydrogens (tertiary/aromatic N) is 2. The lowest BCUT2D eigenvalue weighted by atomic mass is 10.2. The van der Waals surface area contributed by atoms with Crippen LogP contribution in [0.25, 0.3) is 0 Å². The Morgan fingerprint density at radius 3 is 2.68 bits per heavy atom. The first-order valence-corrected chi connectivity index (χ1v) is 7.90. The van der Waals surface area contributed by atoms with Crippen molar-refractivity contribution in [3.63, 3.8) is 0 Å². The van der Waals surface area contributed by atoms with Crippen LogP contribution >= 0.6 is 11.6 Å². The van der Waals surface area contributed by atoms with Crippen molar-refractivity contribution in [3.05, 3.63) is 65.1 Å². The third kappa shape index (κ3) is 4.16. The Balaban J connectivity index is 1.82. The molecule has 0 spiro atoms. The maximum Gasteiger partial charge on any atom is 0.229 e. The molecule has 0 aliphatic heterocycles. The fourth-order valence-electron chi connectivity index (χ4n) is 2.25. The highest BCUT2D eigenvalue weighted by Gasteiger charge is 2.07. The van der Waals surface area contributed by atoms with E-state index in [4.69, 9.17) is 16.3 Å². The molecule has 128 valence electrons. The molecule has 3 rings (SSSR count). The van der Waals surface area contributed by atoms with Gasteiger partial charge in [-0.15, -0.1) is 0 Å². The van der Waals surface area contributed by atoms with Gasteiger partial charge in [0.05, 0.1) is 17.8 Å². The summed E-state index contributed by atoms with van der Waals surface area (Å²) in [5.74, 6) is 1.19. The van der Waals surface area contributed by atoms with Crippen LogP contribution in [0.5, 0.6) is 5.75 Å². The van der Waals surface area contributed by atoms with Crippen LogP contribution in [-0.2, 0) is 0 Å². The van der Waals surface area contributed by atoms with E-state index in [9.17, 15) is 4.39 Å². The van der Waals surface area contributed by atoms with Gasteiger partial charge in [0.1, 0.15) is 17.4 Å². The Bertz CT molecular complexity index is 904. The fraction of sp³-hybridized carbons (Fsp3) is 0.111. The Hall–Kier alpha value is -2.86. The van der Waals surface area contributed by atoms with Gasteiger partial charge < -0.3 is 15.4 Å². The first-order chi connectivity index (χ1) is 12.0. The van der Waals surface area contributed by atoms with Gasteiger partial charge >= 0.3 is 0 Å². The van der Waals surface area contributed by atoms with Gasteiger partial charge in [0.25, 0.3) is 0 Å². The molecule has 0 fully saturated rings. The van der Waals surface area contributed by atoms with Crippen molar-refractivity contribution in [1.82, 2.24) is 9.97 Å². The molecular formula is C18H16ClFN4O. The molecule has 7 heteroatoms. The molecule has 0 saturated heterocycles. The summed E-state index contributed by atoms with van der Waals surface area (Å²) in [5, 5.41) is 6.23. The highest BCUT2D eigenvalue weighted by atomic mass is 35.5. The predicted octanol–water partition coefficient (Wildman–Crippen LogP) is 5.07. The van der Waals surface area contributed by atoms with Crippen LogP contribution in [0.2, 0.25) is 5.02 Å². The molecule has 0 saturated carbocycles. The van der Waals surface area contributed by atoms with Crippen LogP contribution in [0.3, 0.4) is 0 Å². The Kier molecular flexibility index (Phi) is 5.00. The summed E-state index contributed by atoms with van der Waals surface area (Å²) in [7, 11) is 1.61. The molecule has 0 amide bonds. The molecule has 2 aromatic carbocycles. The first kappa shape index (κ1) is 17.0. The second-order valence-corrected chi connectivity index (χ2v) is 5.76. The number of methoxy groups -OCH3 is 1. The lowest BCUT2D eigenvalue weighted by molar-refractivity contribution is 0.416. The summed E-state index contributed by atoms with van der Waals surface area (Å²) in [6, 6.07) is 11.9. The molecule has 1 heterocycles. The van der Waals surface area contributed by atoms with Crippen LogP contribution in [0.4, 0.5) is 27.5 Å². The minimum absolute atomic E-state index is 0.0313. The summed E-state index contributed by atoms with van der Waals surface area (Å²) in [4.78, 5) is 8.55. The monoisotopic (exact) mass is 358 g/mol. The summed E-state index contributed by atoms with van der Waals surface area (Å²) >= 11 is 5.78. The van der Waals surface area contributed by atoms with Crippen molar-refractivity contribution < 1.29 is 9.13 Å². The average Bonchev–Trinajstić information content (AvgIpc) is 2.59. The highest BCUT2D eigenvalue weighted by molar-refractivity contribution is 6.31. The minimum Gasteiger partial charge on any atom is -0.495 e. The van der Waals surface area contributed by atoms with Crippen LogP contribution in [0.1, 0.15) is 5.56 Å². The fourth-order valence-corrected chi connectivity index (χ4v) is 2.43. The number of halogens is 2. The van der Waals surface area contributed by atoms with Crippen molar-refractivity contribution in [1.29, 1.82) is 0 Å². The highest BCUT2D eigenvalue weighted by Crippen LogP contribution is 2.28. The second kappa shape index (κ2) is 7.36. The van der Waals surface area contributed by atoms with E-state index in [-0.39, 0.29) is 5.02 Å². The number of aromatic nitrogens is 2. The van der Waals surface area contributed by atoms with E-state index in [1.54, 1.807) is 25.4 Å². The van der Waals surface area contributed by atoms with Crippen molar-refractivity contribution in [3.8, 4) is 5.75 Å². The zero-order valence-corrected chi connectivity index (χ0v) is 14.4. The van der Waals surface area contributed by atoms with E-state index in [1.807, 2.05) is 25.1 Å². The topological polar surface area (TPSA) is 59.1 Å². The van der Waals surface area contributed by atoms with Gasteiger partial charge in [-0.3, -0.25) is 0 Å². The summed E-state index contributed by atoms with van der Waals surface area (Å²) < 4.78 is 18.6. The van der Waals surface area contributed by atoms with E-state index in [1.165, 1.54) is 12.1 Å². The second-order valence-electron chi connectivity index (χ2n) is 5.35. The molecule has 0 aliphatic rings. The zero-order chi connectivity index (χ0) is 17.8. The number of benzene rings is 2. The first-order valence-electron chi connectivity index (χ1n) is 7.52. The number of nitrogens with one attached hydrogen (secondary N) is 2. The standard InChI is InChI=1S/C18H16ClFN4O/c1-11-3-6-16(25-2)15(9-11)23-17-7-8-21-18(24-17)22-12-4-5-14(20)13(19)10-12/h3-10H,1-2H3,(H2,21,22,23,24). The van der Waals surface area contributed by atoms with Crippen molar-refractivity contribution in [2.45, 2.75) is 6.92 Å². The summed E-state index contributed by atoms with van der Waals surface area (Å²) in [6.07, 6.45) is 1.62. The average molecular weight is 359 g/mol. The van der Waals surface area contributed by atoms with E-state index < -0.39 is 5.82 Å². The molecule has 0 radical (unpaired) electrons. The lowest BCUT2D eigenvalue weighted by Crippen LogP contribution is -2.01. The third-order valence-electron chi connectivity index (χ3n) is 3.45. The van der Waals surface area contributed by atoms with E-state index in [0.29, 0.717) is 23.2 Å². The van der Waals surface area contributed by atoms with Gasteiger partial charge in [-0.05, 0) is 48.9 Å². The van der Waals surface area contributed by atoms with Crippen molar-refractivity contribution in [2.75, 3.05) is 17.7 Å². The largest absolute Gasteiger partial charge is 0.495 e. The molecule has 2 N–H and O–H groups in total. The normalized spacial score (nSPS) is 10.4.